The fourth-order valence-corrected chi connectivity index (χ4v) is 4.98. The first kappa shape index (κ1) is 23.1. The van der Waals surface area contributed by atoms with Crippen molar-refractivity contribution in [1.82, 2.24) is 4.57 Å². The van der Waals surface area contributed by atoms with Crippen LogP contribution >= 0.6 is 23.1 Å². The Morgan fingerprint density at radius 2 is 1.90 bits per heavy atom. The lowest BCUT2D eigenvalue weighted by molar-refractivity contribution is -0.141. The van der Waals surface area contributed by atoms with Gasteiger partial charge in [-0.1, -0.05) is 24.3 Å². The zero-order valence-electron chi connectivity index (χ0n) is 17.9. The minimum atomic E-state index is -0.371. The third-order valence-electron chi connectivity index (χ3n) is 4.75. The molecule has 6 nitrogen and oxygen atoms in total. The average Bonchev–Trinajstić information content (AvgIpc) is 3.12. The number of thiazole rings is 1. The van der Waals surface area contributed by atoms with Crippen LogP contribution in [0.2, 0.25) is 0 Å². The number of esters is 1. The second kappa shape index (κ2) is 11.2. The summed E-state index contributed by atoms with van der Waals surface area (Å²) >= 11 is 3.12. The molecular weight excluding hydrogens is 432 g/mol. The van der Waals surface area contributed by atoms with Crippen LogP contribution in [0.4, 0.5) is 0 Å². The number of methoxy groups -OCH3 is 2. The number of aryl methyl sites for hydroxylation is 1. The number of amides is 1. The Morgan fingerprint density at radius 3 is 2.58 bits per heavy atom. The van der Waals surface area contributed by atoms with Gasteiger partial charge in [-0.05, 0) is 60.6 Å². The highest BCUT2D eigenvalue weighted by atomic mass is 32.2. The fourth-order valence-electron chi connectivity index (χ4n) is 3.02. The number of carbonyl (C=O) groups is 2. The number of hydrogen-bond acceptors (Lipinski definition) is 6. The average molecular weight is 459 g/mol. The Labute approximate surface area is 189 Å². The molecule has 0 aliphatic carbocycles. The van der Waals surface area contributed by atoms with Crippen LogP contribution in [0, 0.1) is 0 Å². The van der Waals surface area contributed by atoms with Gasteiger partial charge in [0.25, 0.3) is 0 Å². The molecule has 3 rings (SSSR count). The topological polar surface area (TPSA) is 69.9 Å². The third-order valence-corrected chi connectivity index (χ3v) is 6.89. The molecule has 1 aromatic heterocycles. The number of nitrogens with zero attached hydrogens (tertiary/aromatic N) is 2. The quantitative estimate of drug-likeness (QED) is 0.269. The van der Waals surface area contributed by atoms with Crippen molar-refractivity contribution in [2.24, 2.45) is 4.99 Å². The Balaban J connectivity index is 1.69. The minimum absolute atomic E-state index is 0.0292. The van der Waals surface area contributed by atoms with E-state index in [2.05, 4.69) is 18.0 Å². The standard InChI is InChI=1S/C23H26N2O4S2/c1-4-16-7-12-19-20(14-16)31-23(25(19)15-22(27)29-3)24-21(26)6-5-13-30-18-10-8-17(28-2)9-11-18/h7-12,14H,4-6,13,15H2,1-3H3. The van der Waals surface area contributed by atoms with Crippen LogP contribution in [0.5, 0.6) is 5.75 Å². The summed E-state index contributed by atoms with van der Waals surface area (Å²) in [5.41, 5.74) is 2.08. The van der Waals surface area contributed by atoms with Gasteiger partial charge in [0.2, 0.25) is 5.91 Å². The van der Waals surface area contributed by atoms with Crippen molar-refractivity contribution in [2.45, 2.75) is 37.6 Å². The number of hydrogen-bond donors (Lipinski definition) is 0. The molecule has 1 amide bonds. The van der Waals surface area contributed by atoms with E-state index in [1.165, 1.54) is 24.0 Å². The summed E-state index contributed by atoms with van der Waals surface area (Å²) in [6, 6.07) is 14.0. The van der Waals surface area contributed by atoms with Gasteiger partial charge in [-0.2, -0.15) is 4.99 Å². The van der Waals surface area contributed by atoms with Crippen LogP contribution in [0.3, 0.4) is 0 Å². The van der Waals surface area contributed by atoms with Crippen molar-refractivity contribution in [3.8, 4) is 5.75 Å². The van der Waals surface area contributed by atoms with Gasteiger partial charge in [0.05, 0.1) is 24.4 Å². The summed E-state index contributed by atoms with van der Waals surface area (Å²) in [4.78, 5) is 30.4. The first-order valence-corrected chi connectivity index (χ1v) is 11.9. The monoisotopic (exact) mass is 458 g/mol. The maximum absolute atomic E-state index is 12.5. The summed E-state index contributed by atoms with van der Waals surface area (Å²) in [5, 5.41) is 0. The van der Waals surface area contributed by atoms with Gasteiger partial charge < -0.3 is 14.0 Å². The van der Waals surface area contributed by atoms with E-state index in [0.717, 1.165) is 39.5 Å². The molecule has 0 fully saturated rings. The molecule has 1 heterocycles. The second-order valence-electron chi connectivity index (χ2n) is 6.84. The molecular formula is C23H26N2O4S2. The number of benzene rings is 2. The van der Waals surface area contributed by atoms with Crippen molar-refractivity contribution in [2.75, 3.05) is 20.0 Å². The van der Waals surface area contributed by atoms with Crippen molar-refractivity contribution in [3.05, 3.63) is 52.8 Å². The molecule has 31 heavy (non-hydrogen) atoms. The Morgan fingerprint density at radius 1 is 1.13 bits per heavy atom. The van der Waals surface area contributed by atoms with Crippen molar-refractivity contribution < 1.29 is 19.1 Å². The number of rotatable bonds is 9. The molecule has 2 aromatic carbocycles. The van der Waals surface area contributed by atoms with Crippen molar-refractivity contribution in [1.29, 1.82) is 0 Å². The zero-order chi connectivity index (χ0) is 22.2. The summed E-state index contributed by atoms with van der Waals surface area (Å²) in [5.74, 6) is 1.09. The maximum atomic E-state index is 12.5. The third kappa shape index (κ3) is 6.21. The van der Waals surface area contributed by atoms with E-state index in [9.17, 15) is 9.59 Å². The zero-order valence-corrected chi connectivity index (χ0v) is 19.6. The molecule has 0 unspecified atom stereocenters. The molecule has 0 radical (unpaired) electrons. The maximum Gasteiger partial charge on any atom is 0.325 e. The number of ether oxygens (including phenoxy) is 2. The van der Waals surface area contributed by atoms with Gasteiger partial charge >= 0.3 is 5.97 Å². The lowest BCUT2D eigenvalue weighted by Gasteiger charge is -2.04. The fraction of sp³-hybridized carbons (Fsp3) is 0.348. The minimum Gasteiger partial charge on any atom is -0.497 e. The number of thioether (sulfide) groups is 1. The lowest BCUT2D eigenvalue weighted by atomic mass is 10.2. The van der Waals surface area contributed by atoms with E-state index in [4.69, 9.17) is 9.47 Å². The van der Waals surface area contributed by atoms with Crippen LogP contribution in [-0.4, -0.2) is 36.4 Å². The second-order valence-corrected chi connectivity index (χ2v) is 9.01. The lowest BCUT2D eigenvalue weighted by Crippen LogP contribution is -2.22. The van der Waals surface area contributed by atoms with E-state index in [1.807, 2.05) is 36.4 Å². The first-order valence-electron chi connectivity index (χ1n) is 10.1. The molecule has 0 aliphatic heterocycles. The highest BCUT2D eigenvalue weighted by Crippen LogP contribution is 2.23. The normalized spacial score (nSPS) is 11.6. The molecule has 0 N–H and O–H groups in total. The van der Waals surface area contributed by atoms with Crippen LogP contribution in [0.15, 0.2) is 52.4 Å². The Kier molecular flexibility index (Phi) is 8.31. The first-order chi connectivity index (χ1) is 15.0. The molecule has 164 valence electrons. The van der Waals surface area contributed by atoms with Crippen molar-refractivity contribution in [3.63, 3.8) is 0 Å². The van der Waals surface area contributed by atoms with Gasteiger partial charge in [-0.15, -0.1) is 11.8 Å². The van der Waals surface area contributed by atoms with Crippen LogP contribution in [0.1, 0.15) is 25.3 Å². The Bertz CT molecular complexity index is 1120. The number of fused-ring (bicyclic) bond motifs is 1. The van der Waals surface area contributed by atoms with Gasteiger partial charge in [0.1, 0.15) is 12.3 Å². The molecule has 0 spiro atoms. The summed E-state index contributed by atoms with van der Waals surface area (Å²) in [7, 11) is 3.00. The largest absolute Gasteiger partial charge is 0.497 e. The van der Waals surface area contributed by atoms with E-state index in [-0.39, 0.29) is 18.4 Å². The predicted molar refractivity (Wildman–Crippen MR) is 125 cm³/mol. The van der Waals surface area contributed by atoms with Gasteiger partial charge in [-0.3, -0.25) is 9.59 Å². The highest BCUT2D eigenvalue weighted by Gasteiger charge is 2.12. The molecule has 8 heteroatoms. The van der Waals surface area contributed by atoms with Gasteiger partial charge in [0.15, 0.2) is 4.80 Å². The molecule has 0 saturated heterocycles. The van der Waals surface area contributed by atoms with E-state index < -0.39 is 0 Å². The summed E-state index contributed by atoms with van der Waals surface area (Å²) in [6.07, 6.45) is 2.00. The van der Waals surface area contributed by atoms with Crippen LogP contribution in [-0.2, 0) is 27.3 Å². The summed E-state index contributed by atoms with van der Waals surface area (Å²) in [6.45, 7) is 2.12. The summed E-state index contributed by atoms with van der Waals surface area (Å²) < 4.78 is 12.7. The van der Waals surface area contributed by atoms with E-state index in [0.29, 0.717) is 11.2 Å². The van der Waals surface area contributed by atoms with E-state index >= 15 is 0 Å². The molecule has 0 saturated carbocycles. The molecule has 0 atom stereocenters. The predicted octanol–water partition coefficient (Wildman–Crippen LogP) is 4.45. The molecule has 0 aliphatic rings. The van der Waals surface area contributed by atoms with Crippen LogP contribution in [0.25, 0.3) is 10.2 Å². The van der Waals surface area contributed by atoms with Gasteiger partial charge in [-0.25, -0.2) is 0 Å². The number of aromatic nitrogens is 1. The smallest absolute Gasteiger partial charge is 0.325 e. The number of carbonyl (C=O) groups excluding carboxylic acids is 2. The Hall–Kier alpha value is -2.58. The molecule has 0 bridgehead atoms. The van der Waals surface area contributed by atoms with Crippen LogP contribution < -0.4 is 9.54 Å². The van der Waals surface area contributed by atoms with Crippen molar-refractivity contribution >= 4 is 45.2 Å². The highest BCUT2D eigenvalue weighted by molar-refractivity contribution is 7.99. The SMILES string of the molecule is CCc1ccc2c(c1)sc(=NC(=O)CCCSc1ccc(OC)cc1)n2CC(=O)OC. The molecule has 3 aromatic rings. The van der Waals surface area contributed by atoms with E-state index in [1.54, 1.807) is 23.4 Å². The van der Waals surface area contributed by atoms with Gasteiger partial charge in [0, 0.05) is 11.3 Å².